The normalized spacial score (nSPS) is 23.8. The predicted molar refractivity (Wildman–Crippen MR) is 95.8 cm³/mol. The summed E-state index contributed by atoms with van der Waals surface area (Å²) in [6.45, 7) is 4.99. The molecule has 1 saturated heterocycles. The van der Waals surface area contributed by atoms with E-state index in [2.05, 4.69) is 11.4 Å². The lowest BCUT2D eigenvalue weighted by atomic mass is 9.72. The maximum atomic E-state index is 12.5. The molecule has 0 aromatic rings. The molecule has 1 N–H and O–H groups in total. The van der Waals surface area contributed by atoms with Crippen LogP contribution in [0.2, 0.25) is 0 Å². The van der Waals surface area contributed by atoms with Crippen LogP contribution in [0, 0.1) is 34.0 Å². The molecule has 0 aliphatic carbocycles. The molecule has 0 aromatic heterocycles. The van der Waals surface area contributed by atoms with E-state index in [9.17, 15) is 20.1 Å². The number of allylic oxidation sites excluding steroid dienone is 1. The van der Waals surface area contributed by atoms with Crippen LogP contribution in [0.5, 0.6) is 0 Å². The topological polar surface area (TPSA) is 97.0 Å². The molecule has 134 valence electrons. The largest absolute Gasteiger partial charge is 0.342 e. The number of thioether (sulfide) groups is 1. The maximum Gasteiger partial charge on any atom is 0.243 e. The molecule has 2 aliphatic rings. The summed E-state index contributed by atoms with van der Waals surface area (Å²) < 4.78 is 0. The fourth-order valence-corrected chi connectivity index (χ4v) is 4.33. The van der Waals surface area contributed by atoms with Gasteiger partial charge in [0.25, 0.3) is 0 Å². The summed E-state index contributed by atoms with van der Waals surface area (Å²) in [6.07, 6.45) is 5.59. The minimum atomic E-state index is -0.906. The van der Waals surface area contributed by atoms with E-state index in [0.29, 0.717) is 10.6 Å². The van der Waals surface area contributed by atoms with E-state index >= 15 is 0 Å². The van der Waals surface area contributed by atoms with Crippen molar-refractivity contribution in [3.8, 4) is 12.1 Å². The maximum absolute atomic E-state index is 12.5. The molecular formula is C18H24N4O2S. The zero-order valence-electron chi connectivity index (χ0n) is 14.8. The Morgan fingerprint density at radius 1 is 1.24 bits per heavy atom. The van der Waals surface area contributed by atoms with Crippen LogP contribution in [-0.4, -0.2) is 35.6 Å². The smallest absolute Gasteiger partial charge is 0.243 e. The third kappa shape index (κ3) is 4.35. The zero-order chi connectivity index (χ0) is 18.4. The average Bonchev–Trinajstić information content (AvgIpc) is 2.51. The minimum Gasteiger partial charge on any atom is -0.342 e. The summed E-state index contributed by atoms with van der Waals surface area (Å²) in [5.41, 5.74) is -0.498. The molecule has 2 rings (SSSR count). The van der Waals surface area contributed by atoms with Crippen molar-refractivity contribution >= 4 is 23.6 Å². The number of nitrogens with one attached hydrogen (secondary N) is 1. The second kappa shape index (κ2) is 8.40. The van der Waals surface area contributed by atoms with Gasteiger partial charge in [-0.3, -0.25) is 9.59 Å². The fourth-order valence-electron chi connectivity index (χ4n) is 3.26. The number of amides is 2. The van der Waals surface area contributed by atoms with Crippen LogP contribution in [0.3, 0.4) is 0 Å². The number of hydrogen-bond donors (Lipinski definition) is 1. The van der Waals surface area contributed by atoms with Gasteiger partial charge < -0.3 is 10.2 Å². The van der Waals surface area contributed by atoms with Crippen molar-refractivity contribution in [2.45, 2.75) is 46.0 Å². The van der Waals surface area contributed by atoms with E-state index in [0.717, 1.165) is 38.8 Å². The Morgan fingerprint density at radius 3 is 2.40 bits per heavy atom. The number of likely N-dealkylation sites (tertiary alicyclic amines) is 1. The highest BCUT2D eigenvalue weighted by molar-refractivity contribution is 8.03. The van der Waals surface area contributed by atoms with Crippen molar-refractivity contribution in [1.82, 2.24) is 10.2 Å². The van der Waals surface area contributed by atoms with Gasteiger partial charge in [-0.2, -0.15) is 10.5 Å². The summed E-state index contributed by atoms with van der Waals surface area (Å²) in [4.78, 5) is 26.5. The lowest BCUT2D eigenvalue weighted by Crippen LogP contribution is -2.45. The highest BCUT2D eigenvalue weighted by Gasteiger charge is 2.44. The van der Waals surface area contributed by atoms with Crippen molar-refractivity contribution in [3.05, 3.63) is 10.6 Å². The van der Waals surface area contributed by atoms with Gasteiger partial charge in [-0.05, 0) is 12.8 Å². The molecule has 25 heavy (non-hydrogen) atoms. The number of hydrogen-bond acceptors (Lipinski definition) is 5. The molecule has 1 atom stereocenters. The van der Waals surface area contributed by atoms with Gasteiger partial charge in [0.05, 0.1) is 28.5 Å². The summed E-state index contributed by atoms with van der Waals surface area (Å²) in [7, 11) is 0. The Hall–Kier alpha value is -1.99. The number of rotatable bonds is 3. The van der Waals surface area contributed by atoms with Gasteiger partial charge in [0.15, 0.2) is 0 Å². The molecule has 2 aliphatic heterocycles. The van der Waals surface area contributed by atoms with Gasteiger partial charge in [0, 0.05) is 18.5 Å². The van der Waals surface area contributed by atoms with Crippen molar-refractivity contribution in [3.63, 3.8) is 0 Å². The third-order valence-corrected chi connectivity index (χ3v) is 5.87. The number of nitrogens with zero attached hydrogens (tertiary/aromatic N) is 3. The quantitative estimate of drug-likeness (QED) is 0.834. The van der Waals surface area contributed by atoms with E-state index in [1.54, 1.807) is 13.8 Å². The van der Waals surface area contributed by atoms with Crippen molar-refractivity contribution < 1.29 is 9.59 Å². The molecule has 0 spiro atoms. The second-order valence-electron chi connectivity index (χ2n) is 7.03. The monoisotopic (exact) mass is 360 g/mol. The SMILES string of the molecule is CC1(C)C(C#N)=C(SCC(=O)N2CCCCCCC2)NC(=O)[C@H]1C#N. The number of nitriles is 2. The van der Waals surface area contributed by atoms with E-state index in [-0.39, 0.29) is 11.7 Å². The van der Waals surface area contributed by atoms with Crippen LogP contribution < -0.4 is 5.32 Å². The van der Waals surface area contributed by atoms with Crippen molar-refractivity contribution in [2.24, 2.45) is 11.3 Å². The van der Waals surface area contributed by atoms with Crippen LogP contribution >= 0.6 is 11.8 Å². The van der Waals surface area contributed by atoms with Gasteiger partial charge in [-0.25, -0.2) is 0 Å². The van der Waals surface area contributed by atoms with E-state index in [1.807, 2.05) is 11.0 Å². The predicted octanol–water partition coefficient (Wildman–Crippen LogP) is 2.54. The van der Waals surface area contributed by atoms with Crippen LogP contribution in [0.25, 0.3) is 0 Å². The van der Waals surface area contributed by atoms with Gasteiger partial charge in [-0.1, -0.05) is 44.9 Å². The van der Waals surface area contributed by atoms with Gasteiger partial charge in [0.1, 0.15) is 5.92 Å². The standard InChI is InChI=1S/C18H24N4O2S/c1-18(2)13(10-19)16(24)21-17(14(18)11-20)25-12-15(23)22-8-6-4-3-5-7-9-22/h13H,3-9,12H2,1-2H3,(H,21,24)/t13-/m1/s1. The first-order chi connectivity index (χ1) is 11.9. The molecule has 0 unspecified atom stereocenters. The Balaban J connectivity index is 2.09. The minimum absolute atomic E-state index is 0.0335. The first-order valence-corrected chi connectivity index (χ1v) is 9.66. The first-order valence-electron chi connectivity index (χ1n) is 8.67. The lowest BCUT2D eigenvalue weighted by molar-refractivity contribution is -0.129. The van der Waals surface area contributed by atoms with Crippen molar-refractivity contribution in [1.29, 1.82) is 10.5 Å². The van der Waals surface area contributed by atoms with E-state index in [1.165, 1.54) is 18.2 Å². The molecule has 0 aromatic carbocycles. The number of carbonyl (C=O) groups is 2. The van der Waals surface area contributed by atoms with Crippen LogP contribution in [0.1, 0.15) is 46.0 Å². The molecule has 0 radical (unpaired) electrons. The van der Waals surface area contributed by atoms with Crippen LogP contribution in [-0.2, 0) is 9.59 Å². The van der Waals surface area contributed by atoms with E-state index in [4.69, 9.17) is 0 Å². The van der Waals surface area contributed by atoms with Crippen molar-refractivity contribution in [2.75, 3.05) is 18.8 Å². The fraction of sp³-hybridized carbons (Fsp3) is 0.667. The summed E-state index contributed by atoms with van der Waals surface area (Å²) in [5, 5.41) is 21.8. The molecule has 2 heterocycles. The number of carbonyl (C=O) groups excluding carboxylic acids is 2. The van der Waals surface area contributed by atoms with E-state index < -0.39 is 17.2 Å². The summed E-state index contributed by atoms with van der Waals surface area (Å²) in [5.74, 6) is -1.09. The van der Waals surface area contributed by atoms with Crippen LogP contribution in [0.4, 0.5) is 0 Å². The van der Waals surface area contributed by atoms with Gasteiger partial charge in [0.2, 0.25) is 11.8 Å². The second-order valence-corrected chi connectivity index (χ2v) is 8.01. The lowest BCUT2D eigenvalue weighted by Gasteiger charge is -2.34. The Kier molecular flexibility index (Phi) is 6.50. The Morgan fingerprint density at radius 2 is 1.84 bits per heavy atom. The molecule has 0 bridgehead atoms. The molecule has 0 saturated carbocycles. The molecule has 1 fully saturated rings. The van der Waals surface area contributed by atoms with Gasteiger partial charge in [-0.15, -0.1) is 0 Å². The zero-order valence-corrected chi connectivity index (χ0v) is 15.6. The molecule has 7 heteroatoms. The Bertz CT molecular complexity index is 649. The summed E-state index contributed by atoms with van der Waals surface area (Å²) in [6, 6.07) is 4.10. The highest BCUT2D eigenvalue weighted by atomic mass is 32.2. The summed E-state index contributed by atoms with van der Waals surface area (Å²) >= 11 is 1.19. The van der Waals surface area contributed by atoms with Gasteiger partial charge >= 0.3 is 0 Å². The first kappa shape index (κ1) is 19.3. The average molecular weight is 360 g/mol. The molecule has 2 amide bonds. The molecular weight excluding hydrogens is 336 g/mol. The highest BCUT2D eigenvalue weighted by Crippen LogP contribution is 2.41. The third-order valence-electron chi connectivity index (χ3n) is 4.88. The Labute approximate surface area is 153 Å². The van der Waals surface area contributed by atoms with Crippen LogP contribution in [0.15, 0.2) is 10.6 Å². The molecule has 6 nitrogen and oxygen atoms in total.